The van der Waals surface area contributed by atoms with Gasteiger partial charge in [-0.1, -0.05) is 0 Å². The SMILES string of the molecule is CC(Cc1ccsc1)N1CCC(=O)C1=O. The predicted molar refractivity (Wildman–Crippen MR) is 58.8 cm³/mol. The smallest absolute Gasteiger partial charge is 0.290 e. The van der Waals surface area contributed by atoms with Crippen molar-refractivity contribution < 1.29 is 9.59 Å². The first-order valence-corrected chi connectivity index (χ1v) is 5.97. The average Bonchev–Trinajstić information content (AvgIpc) is 2.79. The van der Waals surface area contributed by atoms with E-state index in [2.05, 4.69) is 11.4 Å². The third-order valence-corrected chi connectivity index (χ3v) is 3.45. The summed E-state index contributed by atoms with van der Waals surface area (Å²) in [5.41, 5.74) is 1.24. The normalized spacial score (nSPS) is 18.6. The van der Waals surface area contributed by atoms with Crippen molar-refractivity contribution in [2.45, 2.75) is 25.8 Å². The molecule has 80 valence electrons. The molecule has 0 aromatic carbocycles. The maximum atomic E-state index is 11.5. The Morgan fingerprint density at radius 1 is 1.53 bits per heavy atom. The third-order valence-electron chi connectivity index (χ3n) is 2.72. The minimum Gasteiger partial charge on any atom is -0.333 e. The van der Waals surface area contributed by atoms with Crippen LogP contribution in [-0.4, -0.2) is 29.2 Å². The molecule has 1 aliphatic heterocycles. The van der Waals surface area contributed by atoms with E-state index in [0.29, 0.717) is 13.0 Å². The number of carbonyl (C=O) groups excluding carboxylic acids is 2. The zero-order valence-corrected chi connectivity index (χ0v) is 9.42. The Morgan fingerprint density at radius 3 is 2.87 bits per heavy atom. The number of nitrogens with zero attached hydrogens (tertiary/aromatic N) is 1. The van der Waals surface area contributed by atoms with Gasteiger partial charge in [0.2, 0.25) is 5.78 Å². The minimum atomic E-state index is -0.308. The fourth-order valence-electron chi connectivity index (χ4n) is 1.87. The molecule has 0 radical (unpaired) electrons. The zero-order chi connectivity index (χ0) is 10.8. The molecular weight excluding hydrogens is 210 g/mol. The highest BCUT2D eigenvalue weighted by atomic mass is 32.1. The number of thiophene rings is 1. The molecular formula is C11H13NO2S. The number of hydrogen-bond acceptors (Lipinski definition) is 3. The average molecular weight is 223 g/mol. The van der Waals surface area contributed by atoms with Gasteiger partial charge in [-0.05, 0) is 35.7 Å². The molecule has 0 N–H and O–H groups in total. The van der Waals surface area contributed by atoms with Crippen molar-refractivity contribution in [1.29, 1.82) is 0 Å². The lowest BCUT2D eigenvalue weighted by atomic mass is 10.1. The maximum Gasteiger partial charge on any atom is 0.290 e. The van der Waals surface area contributed by atoms with Gasteiger partial charge in [0.05, 0.1) is 0 Å². The van der Waals surface area contributed by atoms with Gasteiger partial charge in [-0.15, -0.1) is 0 Å². The lowest BCUT2D eigenvalue weighted by Crippen LogP contribution is -2.37. The molecule has 1 amide bonds. The van der Waals surface area contributed by atoms with E-state index >= 15 is 0 Å². The summed E-state index contributed by atoms with van der Waals surface area (Å²) in [5, 5.41) is 4.11. The Balaban J connectivity index is 2.00. The van der Waals surface area contributed by atoms with Crippen LogP contribution in [0.15, 0.2) is 16.8 Å². The molecule has 1 fully saturated rings. The van der Waals surface area contributed by atoms with E-state index in [1.165, 1.54) is 5.56 Å². The molecule has 1 atom stereocenters. The number of likely N-dealkylation sites (tertiary alicyclic amines) is 1. The van der Waals surface area contributed by atoms with Gasteiger partial charge in [-0.2, -0.15) is 11.3 Å². The second kappa shape index (κ2) is 4.14. The van der Waals surface area contributed by atoms with Crippen LogP contribution in [-0.2, 0) is 16.0 Å². The predicted octanol–water partition coefficient (Wildman–Crippen LogP) is 1.48. The summed E-state index contributed by atoms with van der Waals surface area (Å²) in [4.78, 5) is 24.2. The van der Waals surface area contributed by atoms with Gasteiger partial charge in [0.25, 0.3) is 5.91 Å². The Kier molecular flexibility index (Phi) is 2.86. The molecule has 15 heavy (non-hydrogen) atoms. The maximum absolute atomic E-state index is 11.5. The molecule has 0 bridgehead atoms. The van der Waals surface area contributed by atoms with E-state index < -0.39 is 0 Å². The van der Waals surface area contributed by atoms with Gasteiger partial charge in [0.15, 0.2) is 0 Å². The first-order valence-electron chi connectivity index (χ1n) is 5.03. The number of rotatable bonds is 3. The standard InChI is InChI=1S/C11H13NO2S/c1-8(6-9-3-5-15-7-9)12-4-2-10(13)11(12)14/h3,5,7-8H,2,4,6H2,1H3. The highest BCUT2D eigenvalue weighted by Gasteiger charge is 2.32. The molecule has 2 rings (SSSR count). The van der Waals surface area contributed by atoms with Gasteiger partial charge in [0, 0.05) is 19.0 Å². The molecule has 1 aliphatic rings. The van der Waals surface area contributed by atoms with Crippen molar-refractivity contribution >= 4 is 23.0 Å². The summed E-state index contributed by atoms with van der Waals surface area (Å²) in [7, 11) is 0. The van der Waals surface area contributed by atoms with Crippen LogP contribution in [0.1, 0.15) is 18.9 Å². The summed E-state index contributed by atoms with van der Waals surface area (Å²) in [6, 6.07) is 2.18. The monoisotopic (exact) mass is 223 g/mol. The highest BCUT2D eigenvalue weighted by molar-refractivity contribution is 7.07. The highest BCUT2D eigenvalue weighted by Crippen LogP contribution is 2.16. The molecule has 1 saturated heterocycles. The lowest BCUT2D eigenvalue weighted by Gasteiger charge is -2.22. The quantitative estimate of drug-likeness (QED) is 0.728. The molecule has 1 aromatic rings. The molecule has 0 saturated carbocycles. The summed E-state index contributed by atoms with van der Waals surface area (Å²) in [6.45, 7) is 2.58. The van der Waals surface area contributed by atoms with Gasteiger partial charge in [-0.25, -0.2) is 0 Å². The Bertz CT molecular complexity index is 372. The van der Waals surface area contributed by atoms with Crippen molar-refractivity contribution in [1.82, 2.24) is 4.90 Å². The second-order valence-corrected chi connectivity index (χ2v) is 4.64. The fraction of sp³-hybridized carbons (Fsp3) is 0.455. The first-order chi connectivity index (χ1) is 7.18. The van der Waals surface area contributed by atoms with Crippen molar-refractivity contribution in [2.75, 3.05) is 6.54 Å². The molecule has 4 heteroatoms. The summed E-state index contributed by atoms with van der Waals surface area (Å²) >= 11 is 1.66. The van der Waals surface area contributed by atoms with Crippen molar-refractivity contribution in [3.05, 3.63) is 22.4 Å². The Hall–Kier alpha value is -1.16. The van der Waals surface area contributed by atoms with Crippen molar-refractivity contribution in [2.24, 2.45) is 0 Å². The van der Waals surface area contributed by atoms with E-state index in [1.807, 2.05) is 12.3 Å². The van der Waals surface area contributed by atoms with Gasteiger partial charge < -0.3 is 4.90 Å². The summed E-state index contributed by atoms with van der Waals surface area (Å²) < 4.78 is 0. The van der Waals surface area contributed by atoms with E-state index in [4.69, 9.17) is 0 Å². The zero-order valence-electron chi connectivity index (χ0n) is 8.60. The molecule has 0 spiro atoms. The Labute approximate surface area is 92.7 Å². The molecule has 3 nitrogen and oxygen atoms in total. The minimum absolute atomic E-state index is 0.124. The Morgan fingerprint density at radius 2 is 2.33 bits per heavy atom. The van der Waals surface area contributed by atoms with Crippen molar-refractivity contribution in [3.63, 3.8) is 0 Å². The second-order valence-electron chi connectivity index (χ2n) is 3.86. The number of ketones is 1. The molecule has 1 aromatic heterocycles. The molecule has 1 unspecified atom stereocenters. The van der Waals surface area contributed by atoms with Crippen LogP contribution < -0.4 is 0 Å². The largest absolute Gasteiger partial charge is 0.333 e. The van der Waals surface area contributed by atoms with E-state index in [1.54, 1.807) is 16.2 Å². The lowest BCUT2D eigenvalue weighted by molar-refractivity contribution is -0.141. The van der Waals surface area contributed by atoms with Gasteiger partial charge >= 0.3 is 0 Å². The van der Waals surface area contributed by atoms with Crippen molar-refractivity contribution in [3.8, 4) is 0 Å². The summed E-state index contributed by atoms with van der Waals surface area (Å²) in [5.74, 6) is -0.551. The van der Waals surface area contributed by atoms with Crippen LogP contribution in [0.5, 0.6) is 0 Å². The third kappa shape index (κ3) is 2.09. The number of hydrogen-bond donors (Lipinski definition) is 0. The number of amides is 1. The molecule has 2 heterocycles. The van der Waals surface area contributed by atoms with Crippen LogP contribution in [0.2, 0.25) is 0 Å². The topological polar surface area (TPSA) is 37.4 Å². The van der Waals surface area contributed by atoms with Gasteiger partial charge in [-0.3, -0.25) is 9.59 Å². The van der Waals surface area contributed by atoms with E-state index in [9.17, 15) is 9.59 Å². The summed E-state index contributed by atoms with van der Waals surface area (Å²) in [6.07, 6.45) is 1.22. The van der Waals surface area contributed by atoms with Crippen LogP contribution in [0, 0.1) is 0 Å². The van der Waals surface area contributed by atoms with Crippen LogP contribution in [0.25, 0.3) is 0 Å². The van der Waals surface area contributed by atoms with E-state index in [-0.39, 0.29) is 17.7 Å². The van der Waals surface area contributed by atoms with E-state index in [0.717, 1.165) is 6.42 Å². The van der Waals surface area contributed by atoms with Crippen LogP contribution in [0.4, 0.5) is 0 Å². The number of Topliss-reactive ketones (excluding diaryl/α,β-unsaturated/α-hetero) is 1. The number of carbonyl (C=O) groups is 2. The fourth-order valence-corrected chi connectivity index (χ4v) is 2.55. The van der Waals surface area contributed by atoms with Crippen LogP contribution >= 0.6 is 11.3 Å². The first kappa shape index (κ1) is 10.4. The molecule has 0 aliphatic carbocycles. The van der Waals surface area contributed by atoms with Gasteiger partial charge in [0.1, 0.15) is 0 Å². The van der Waals surface area contributed by atoms with Crippen LogP contribution in [0.3, 0.4) is 0 Å².